The van der Waals surface area contributed by atoms with Crippen LogP contribution in [-0.4, -0.2) is 70.9 Å². The van der Waals surface area contributed by atoms with E-state index in [1.165, 1.54) is 26.2 Å². The summed E-state index contributed by atoms with van der Waals surface area (Å²) in [7, 11) is 1.20. The van der Waals surface area contributed by atoms with E-state index in [1.807, 2.05) is 0 Å². The SMILES string of the molecule is CCCCCCCC(=O)O[C@H]1/C(=C/C(=O)OC)C[C@@H](C[C@@H](O)[C@@H](C)O)O[C@@]1(O)C(C)(C)/C=C\C=O. The van der Waals surface area contributed by atoms with Gasteiger partial charge in [-0.3, -0.25) is 9.59 Å². The molecule has 1 aliphatic heterocycles. The lowest BCUT2D eigenvalue weighted by Crippen LogP contribution is -2.62. The molecule has 35 heavy (non-hydrogen) atoms. The fraction of sp³-hybridized carbons (Fsp3) is 0.731. The van der Waals surface area contributed by atoms with E-state index in [-0.39, 0.29) is 24.8 Å². The van der Waals surface area contributed by atoms with Gasteiger partial charge in [0, 0.05) is 24.3 Å². The van der Waals surface area contributed by atoms with Crippen LogP contribution < -0.4 is 0 Å². The number of hydrogen-bond donors (Lipinski definition) is 3. The molecule has 0 aromatic rings. The summed E-state index contributed by atoms with van der Waals surface area (Å²) in [5.74, 6) is -3.45. The zero-order chi connectivity index (χ0) is 26.6. The van der Waals surface area contributed by atoms with Crippen molar-refractivity contribution in [2.75, 3.05) is 7.11 Å². The maximum absolute atomic E-state index is 12.7. The minimum atomic E-state index is -2.19. The van der Waals surface area contributed by atoms with Gasteiger partial charge >= 0.3 is 11.9 Å². The van der Waals surface area contributed by atoms with Crippen molar-refractivity contribution in [3.63, 3.8) is 0 Å². The summed E-state index contributed by atoms with van der Waals surface area (Å²) >= 11 is 0. The molecule has 1 saturated heterocycles. The molecule has 9 heteroatoms. The van der Waals surface area contributed by atoms with Crippen LogP contribution in [0.5, 0.6) is 0 Å². The predicted molar refractivity (Wildman–Crippen MR) is 129 cm³/mol. The summed E-state index contributed by atoms with van der Waals surface area (Å²) in [4.78, 5) is 35.9. The Kier molecular flexibility index (Phi) is 12.8. The Morgan fingerprint density at radius 2 is 1.89 bits per heavy atom. The van der Waals surface area contributed by atoms with E-state index in [4.69, 9.17) is 14.2 Å². The lowest BCUT2D eigenvalue weighted by atomic mass is 9.74. The maximum atomic E-state index is 12.7. The summed E-state index contributed by atoms with van der Waals surface area (Å²) < 4.78 is 16.5. The monoisotopic (exact) mass is 498 g/mol. The van der Waals surface area contributed by atoms with Crippen LogP contribution in [0.4, 0.5) is 0 Å². The van der Waals surface area contributed by atoms with E-state index in [0.29, 0.717) is 12.7 Å². The third-order valence-electron chi connectivity index (χ3n) is 6.32. The lowest BCUT2D eigenvalue weighted by molar-refractivity contribution is -0.327. The predicted octanol–water partition coefficient (Wildman–Crippen LogP) is 2.75. The van der Waals surface area contributed by atoms with Gasteiger partial charge < -0.3 is 29.5 Å². The van der Waals surface area contributed by atoms with Crippen LogP contribution in [0.2, 0.25) is 0 Å². The Bertz CT molecular complexity index is 756. The number of rotatable bonds is 14. The minimum Gasteiger partial charge on any atom is -0.466 e. The topological polar surface area (TPSA) is 140 Å². The molecule has 200 valence electrons. The van der Waals surface area contributed by atoms with Crippen molar-refractivity contribution in [1.82, 2.24) is 0 Å². The number of hydrogen-bond acceptors (Lipinski definition) is 9. The van der Waals surface area contributed by atoms with Crippen LogP contribution in [0.3, 0.4) is 0 Å². The fourth-order valence-corrected chi connectivity index (χ4v) is 4.03. The van der Waals surface area contributed by atoms with Gasteiger partial charge in [0.2, 0.25) is 5.79 Å². The zero-order valence-electron chi connectivity index (χ0n) is 21.6. The highest BCUT2D eigenvalue weighted by atomic mass is 16.7. The molecule has 0 aromatic carbocycles. The Morgan fingerprint density at radius 1 is 1.23 bits per heavy atom. The highest BCUT2D eigenvalue weighted by molar-refractivity contribution is 5.83. The second-order valence-corrected chi connectivity index (χ2v) is 9.68. The molecular weight excluding hydrogens is 456 g/mol. The molecule has 0 spiro atoms. The number of esters is 2. The molecule has 0 saturated carbocycles. The van der Waals surface area contributed by atoms with Crippen LogP contribution in [0.15, 0.2) is 23.8 Å². The fourth-order valence-electron chi connectivity index (χ4n) is 4.03. The highest BCUT2D eigenvalue weighted by Crippen LogP contribution is 2.46. The van der Waals surface area contributed by atoms with E-state index in [9.17, 15) is 29.7 Å². The Balaban J connectivity index is 3.36. The van der Waals surface area contributed by atoms with Gasteiger partial charge in [0.05, 0.1) is 25.4 Å². The van der Waals surface area contributed by atoms with Crippen molar-refractivity contribution >= 4 is 18.2 Å². The summed E-state index contributed by atoms with van der Waals surface area (Å²) in [6, 6.07) is 0. The first-order chi connectivity index (χ1) is 16.4. The molecule has 9 nitrogen and oxygen atoms in total. The lowest BCUT2D eigenvalue weighted by Gasteiger charge is -2.50. The number of aliphatic hydroxyl groups is 3. The minimum absolute atomic E-state index is 0.0448. The number of carbonyl (C=O) groups is 3. The zero-order valence-corrected chi connectivity index (χ0v) is 21.6. The summed E-state index contributed by atoms with van der Waals surface area (Å²) in [5.41, 5.74) is -1.01. The number of aldehydes is 1. The molecule has 0 unspecified atom stereocenters. The van der Waals surface area contributed by atoms with Crippen molar-refractivity contribution in [3.8, 4) is 0 Å². The van der Waals surface area contributed by atoms with Gasteiger partial charge in [-0.05, 0) is 31.4 Å². The summed E-state index contributed by atoms with van der Waals surface area (Å²) in [5, 5.41) is 31.8. The average molecular weight is 499 g/mol. The molecular formula is C26H42O9. The van der Waals surface area contributed by atoms with Gasteiger partial charge in [0.25, 0.3) is 0 Å². The molecule has 1 heterocycles. The van der Waals surface area contributed by atoms with Gasteiger partial charge in [-0.25, -0.2) is 4.79 Å². The van der Waals surface area contributed by atoms with Gasteiger partial charge in [-0.15, -0.1) is 0 Å². The smallest absolute Gasteiger partial charge is 0.330 e. The van der Waals surface area contributed by atoms with E-state index in [0.717, 1.165) is 31.8 Å². The van der Waals surface area contributed by atoms with Crippen LogP contribution >= 0.6 is 0 Å². The third-order valence-corrected chi connectivity index (χ3v) is 6.32. The maximum Gasteiger partial charge on any atom is 0.330 e. The first kappa shape index (κ1) is 31.0. The van der Waals surface area contributed by atoms with Crippen molar-refractivity contribution in [1.29, 1.82) is 0 Å². The van der Waals surface area contributed by atoms with Crippen LogP contribution in [-0.2, 0) is 28.6 Å². The van der Waals surface area contributed by atoms with Gasteiger partial charge in [-0.2, -0.15) is 0 Å². The number of unbranched alkanes of at least 4 members (excludes halogenated alkanes) is 4. The van der Waals surface area contributed by atoms with Crippen molar-refractivity contribution in [3.05, 3.63) is 23.8 Å². The van der Waals surface area contributed by atoms with E-state index >= 15 is 0 Å². The molecule has 1 aliphatic rings. The number of aliphatic hydroxyl groups excluding tert-OH is 2. The molecule has 1 rings (SSSR count). The van der Waals surface area contributed by atoms with E-state index in [2.05, 4.69) is 6.92 Å². The van der Waals surface area contributed by atoms with Gasteiger partial charge in [-0.1, -0.05) is 52.5 Å². The van der Waals surface area contributed by atoms with Gasteiger partial charge in [0.15, 0.2) is 6.10 Å². The van der Waals surface area contributed by atoms with Crippen LogP contribution in [0.1, 0.15) is 79.1 Å². The van der Waals surface area contributed by atoms with Gasteiger partial charge in [0.1, 0.15) is 6.29 Å². The van der Waals surface area contributed by atoms with Crippen LogP contribution in [0.25, 0.3) is 0 Å². The van der Waals surface area contributed by atoms with E-state index in [1.54, 1.807) is 13.8 Å². The number of ether oxygens (including phenoxy) is 3. The van der Waals surface area contributed by atoms with Crippen molar-refractivity contribution in [2.45, 2.75) is 109 Å². The molecule has 0 bridgehead atoms. The van der Waals surface area contributed by atoms with Crippen LogP contribution in [0, 0.1) is 5.41 Å². The molecule has 0 aliphatic carbocycles. The second kappa shape index (κ2) is 14.5. The number of methoxy groups -OCH3 is 1. The molecule has 1 fully saturated rings. The summed E-state index contributed by atoms with van der Waals surface area (Å²) in [6.07, 6.45) is 4.70. The molecule has 3 N–H and O–H groups in total. The molecule has 0 aromatic heterocycles. The van der Waals surface area contributed by atoms with Crippen molar-refractivity contribution < 1.29 is 43.9 Å². The van der Waals surface area contributed by atoms with E-state index < -0.39 is 47.6 Å². The first-order valence-corrected chi connectivity index (χ1v) is 12.3. The molecule has 0 amide bonds. The average Bonchev–Trinajstić information content (AvgIpc) is 2.79. The number of carbonyl (C=O) groups excluding carboxylic acids is 3. The standard InChI is InChI=1S/C26H42O9/c1-6-7-8-9-10-12-22(30)34-24-19(16-23(31)33-5)15-20(17-21(29)18(2)28)35-26(24,32)25(3,4)13-11-14-27/h11,13-14,16,18,20-21,24,28-29,32H,6-10,12,15,17H2,1-5H3/b13-11-,19-16+/t18-,20+,21-,24+,26-/m1/s1. The first-order valence-electron chi connectivity index (χ1n) is 12.3. The largest absolute Gasteiger partial charge is 0.466 e. The third kappa shape index (κ3) is 9.14. The Morgan fingerprint density at radius 3 is 2.46 bits per heavy atom. The second-order valence-electron chi connectivity index (χ2n) is 9.68. The molecule has 5 atom stereocenters. The highest BCUT2D eigenvalue weighted by Gasteiger charge is 2.57. The normalized spacial score (nSPS) is 25.9. The Labute approximate surface area is 208 Å². The van der Waals surface area contributed by atoms with Crippen molar-refractivity contribution in [2.24, 2.45) is 5.41 Å². The number of allylic oxidation sites excluding steroid dienone is 1. The summed E-state index contributed by atoms with van der Waals surface area (Å²) in [6.45, 7) is 6.72. The molecule has 0 radical (unpaired) electrons. The Hall–Kier alpha value is -2.07. The quantitative estimate of drug-likeness (QED) is 0.143.